The average Bonchev–Trinajstić information content (AvgIpc) is 2.83. The lowest BCUT2D eigenvalue weighted by atomic mass is 10.2. The summed E-state index contributed by atoms with van der Waals surface area (Å²) >= 11 is 5.97. The van der Waals surface area contributed by atoms with Gasteiger partial charge in [0.1, 0.15) is 17.2 Å². The first-order valence-electron chi connectivity index (χ1n) is 6.67. The number of rotatable bonds is 4. The first kappa shape index (κ1) is 14.0. The highest BCUT2D eigenvalue weighted by Gasteiger charge is 2.13. The average molecular weight is 305 g/mol. The maximum absolute atomic E-state index is 13.1. The maximum Gasteiger partial charge on any atom is 0.160 e. The fourth-order valence-corrected chi connectivity index (χ4v) is 2.42. The second-order valence-corrected chi connectivity index (χ2v) is 5.17. The summed E-state index contributed by atoms with van der Waals surface area (Å²) in [7, 11) is 0. The zero-order valence-electron chi connectivity index (χ0n) is 11.3. The molecule has 0 amide bonds. The van der Waals surface area contributed by atoms with Crippen LogP contribution < -0.4 is 5.73 Å². The molecule has 0 fully saturated rings. The van der Waals surface area contributed by atoms with Crippen molar-refractivity contribution in [1.82, 2.24) is 14.5 Å². The predicted octanol–water partition coefficient (Wildman–Crippen LogP) is 3.24. The first-order valence-corrected chi connectivity index (χ1v) is 7.04. The van der Waals surface area contributed by atoms with E-state index < -0.39 is 0 Å². The van der Waals surface area contributed by atoms with E-state index in [0.717, 1.165) is 29.0 Å². The molecule has 0 aliphatic carbocycles. The Bertz CT molecular complexity index is 767. The zero-order valence-corrected chi connectivity index (χ0v) is 12.0. The summed E-state index contributed by atoms with van der Waals surface area (Å²) in [6.45, 7) is 1.28. The molecule has 4 nitrogen and oxygen atoms in total. The molecule has 0 atom stereocenters. The SMILES string of the molecule is NCCCn1c(-c2ccc(F)cc2)nc2cc(Cl)cnc21. The number of aryl methyl sites for hydroxylation is 1. The summed E-state index contributed by atoms with van der Waals surface area (Å²) in [4.78, 5) is 8.93. The second-order valence-electron chi connectivity index (χ2n) is 4.73. The summed E-state index contributed by atoms with van der Waals surface area (Å²) in [6.07, 6.45) is 2.41. The Kier molecular flexibility index (Phi) is 3.86. The first-order chi connectivity index (χ1) is 10.2. The molecule has 1 aromatic carbocycles. The number of halogens is 2. The van der Waals surface area contributed by atoms with Crippen molar-refractivity contribution in [3.63, 3.8) is 0 Å². The van der Waals surface area contributed by atoms with Crippen molar-refractivity contribution in [2.45, 2.75) is 13.0 Å². The van der Waals surface area contributed by atoms with Crippen LogP contribution >= 0.6 is 11.6 Å². The molecule has 2 N–H and O–H groups in total. The highest BCUT2D eigenvalue weighted by molar-refractivity contribution is 6.31. The van der Waals surface area contributed by atoms with Gasteiger partial charge in [-0.15, -0.1) is 0 Å². The van der Waals surface area contributed by atoms with Crippen LogP contribution in [0.3, 0.4) is 0 Å². The van der Waals surface area contributed by atoms with Crippen LogP contribution in [0.1, 0.15) is 6.42 Å². The Morgan fingerprint density at radius 1 is 1.24 bits per heavy atom. The van der Waals surface area contributed by atoms with E-state index in [2.05, 4.69) is 9.97 Å². The van der Waals surface area contributed by atoms with Gasteiger partial charge in [0.05, 0.1) is 5.02 Å². The van der Waals surface area contributed by atoms with Crippen LogP contribution in [-0.4, -0.2) is 21.1 Å². The molecule has 108 valence electrons. The van der Waals surface area contributed by atoms with Crippen LogP contribution in [0.25, 0.3) is 22.6 Å². The van der Waals surface area contributed by atoms with Crippen molar-refractivity contribution < 1.29 is 4.39 Å². The van der Waals surface area contributed by atoms with Gasteiger partial charge in [0.2, 0.25) is 0 Å². The number of imidazole rings is 1. The van der Waals surface area contributed by atoms with Crippen LogP contribution in [0.4, 0.5) is 4.39 Å². The maximum atomic E-state index is 13.1. The number of benzene rings is 1. The summed E-state index contributed by atoms with van der Waals surface area (Å²) in [5, 5.41) is 0.539. The van der Waals surface area contributed by atoms with Gasteiger partial charge in [-0.05, 0) is 43.3 Å². The van der Waals surface area contributed by atoms with Gasteiger partial charge < -0.3 is 10.3 Å². The van der Waals surface area contributed by atoms with Crippen LogP contribution in [0.5, 0.6) is 0 Å². The number of nitrogens with zero attached hydrogens (tertiary/aromatic N) is 3. The zero-order chi connectivity index (χ0) is 14.8. The minimum absolute atomic E-state index is 0.274. The minimum Gasteiger partial charge on any atom is -0.330 e. The van der Waals surface area contributed by atoms with Gasteiger partial charge in [0.15, 0.2) is 5.65 Å². The van der Waals surface area contributed by atoms with E-state index in [4.69, 9.17) is 17.3 Å². The van der Waals surface area contributed by atoms with E-state index in [1.165, 1.54) is 12.1 Å². The molecule has 0 saturated heterocycles. The van der Waals surface area contributed by atoms with Gasteiger partial charge in [0, 0.05) is 18.3 Å². The molecule has 0 aliphatic rings. The standard InChI is InChI=1S/C15H14ClFN4/c16-11-8-13-15(19-9-11)21(7-1-6-18)14(20-13)10-2-4-12(17)5-3-10/h2-5,8-9H,1,6-7,18H2. The number of aromatic nitrogens is 3. The third-order valence-corrected chi connectivity index (χ3v) is 3.45. The largest absolute Gasteiger partial charge is 0.330 e. The number of hydrogen-bond acceptors (Lipinski definition) is 3. The molecular weight excluding hydrogens is 291 g/mol. The summed E-state index contributed by atoms with van der Waals surface area (Å²) in [5.41, 5.74) is 7.91. The van der Waals surface area contributed by atoms with Crippen molar-refractivity contribution in [1.29, 1.82) is 0 Å². The number of nitrogens with two attached hydrogens (primary N) is 1. The predicted molar refractivity (Wildman–Crippen MR) is 81.6 cm³/mol. The monoisotopic (exact) mass is 304 g/mol. The molecule has 0 radical (unpaired) electrons. The topological polar surface area (TPSA) is 56.7 Å². The van der Waals surface area contributed by atoms with Gasteiger partial charge in [-0.2, -0.15) is 0 Å². The van der Waals surface area contributed by atoms with Gasteiger partial charge in [-0.25, -0.2) is 14.4 Å². The van der Waals surface area contributed by atoms with E-state index in [0.29, 0.717) is 18.1 Å². The van der Waals surface area contributed by atoms with E-state index in [9.17, 15) is 4.39 Å². The van der Waals surface area contributed by atoms with Crippen LogP contribution in [0.15, 0.2) is 36.5 Å². The van der Waals surface area contributed by atoms with Crippen molar-refractivity contribution in [2.75, 3.05) is 6.54 Å². The van der Waals surface area contributed by atoms with Crippen LogP contribution in [0.2, 0.25) is 5.02 Å². The normalized spacial score (nSPS) is 11.2. The Labute approximate surface area is 126 Å². The fraction of sp³-hybridized carbons (Fsp3) is 0.200. The third-order valence-electron chi connectivity index (χ3n) is 3.24. The molecule has 6 heteroatoms. The quantitative estimate of drug-likeness (QED) is 0.805. The Morgan fingerprint density at radius 3 is 2.71 bits per heavy atom. The highest BCUT2D eigenvalue weighted by atomic mass is 35.5. The molecule has 0 bridgehead atoms. The number of pyridine rings is 1. The molecule has 0 unspecified atom stereocenters. The highest BCUT2D eigenvalue weighted by Crippen LogP contribution is 2.25. The molecule has 3 aromatic rings. The molecule has 3 rings (SSSR count). The fourth-order valence-electron chi connectivity index (χ4n) is 2.27. The lowest BCUT2D eigenvalue weighted by Gasteiger charge is -2.07. The van der Waals surface area contributed by atoms with Gasteiger partial charge in [0.25, 0.3) is 0 Å². The van der Waals surface area contributed by atoms with Crippen LogP contribution in [-0.2, 0) is 6.54 Å². The second kappa shape index (κ2) is 5.79. The summed E-state index contributed by atoms with van der Waals surface area (Å²) in [5.74, 6) is 0.470. The summed E-state index contributed by atoms with van der Waals surface area (Å²) < 4.78 is 15.1. The smallest absolute Gasteiger partial charge is 0.160 e. The molecule has 0 saturated carbocycles. The van der Waals surface area contributed by atoms with E-state index in [1.54, 1.807) is 24.4 Å². The van der Waals surface area contributed by atoms with Gasteiger partial charge in [-0.3, -0.25) is 0 Å². The Morgan fingerprint density at radius 2 is 2.00 bits per heavy atom. The van der Waals surface area contributed by atoms with Crippen molar-refractivity contribution in [2.24, 2.45) is 5.73 Å². The molecule has 2 heterocycles. The third kappa shape index (κ3) is 2.75. The summed E-state index contributed by atoms with van der Waals surface area (Å²) in [6, 6.07) is 8.02. The van der Waals surface area contributed by atoms with Crippen LogP contribution in [0, 0.1) is 5.82 Å². The molecular formula is C15H14ClFN4. The molecule has 21 heavy (non-hydrogen) atoms. The molecule has 2 aromatic heterocycles. The lowest BCUT2D eigenvalue weighted by Crippen LogP contribution is -2.07. The van der Waals surface area contributed by atoms with Gasteiger partial charge in [-0.1, -0.05) is 11.6 Å². The lowest BCUT2D eigenvalue weighted by molar-refractivity contribution is 0.627. The minimum atomic E-state index is -0.274. The molecule has 0 aliphatic heterocycles. The molecule has 0 spiro atoms. The van der Waals surface area contributed by atoms with Crippen molar-refractivity contribution in [3.05, 3.63) is 47.4 Å². The van der Waals surface area contributed by atoms with E-state index in [1.807, 2.05) is 4.57 Å². The Hall–Kier alpha value is -1.98. The van der Waals surface area contributed by atoms with E-state index in [-0.39, 0.29) is 5.82 Å². The van der Waals surface area contributed by atoms with Crippen molar-refractivity contribution in [3.8, 4) is 11.4 Å². The van der Waals surface area contributed by atoms with Crippen molar-refractivity contribution >= 4 is 22.8 Å². The Balaban J connectivity index is 2.17. The van der Waals surface area contributed by atoms with Gasteiger partial charge >= 0.3 is 0 Å². The number of hydrogen-bond donors (Lipinski definition) is 1. The number of fused-ring (bicyclic) bond motifs is 1. The van der Waals surface area contributed by atoms with E-state index >= 15 is 0 Å².